The molecule has 0 aliphatic rings. The summed E-state index contributed by atoms with van der Waals surface area (Å²) >= 11 is 5.84. The average molecular weight is 424 g/mol. The van der Waals surface area contributed by atoms with E-state index >= 15 is 0 Å². The van der Waals surface area contributed by atoms with Gasteiger partial charge in [0.25, 0.3) is 5.56 Å². The molecule has 2 aromatic rings. The molecule has 2 rings (SSSR count). The lowest BCUT2D eigenvalue weighted by Gasteiger charge is -2.12. The zero-order valence-corrected chi connectivity index (χ0v) is 16.9. The number of rotatable bonds is 11. The highest BCUT2D eigenvalue weighted by molar-refractivity contribution is 6.32. The van der Waals surface area contributed by atoms with Crippen molar-refractivity contribution in [3.05, 3.63) is 49.4 Å². The lowest BCUT2D eigenvalue weighted by molar-refractivity contribution is -0.386. The fourth-order valence-electron chi connectivity index (χ4n) is 2.46. The van der Waals surface area contributed by atoms with Crippen molar-refractivity contribution in [2.75, 3.05) is 19.1 Å². The Kier molecular flexibility index (Phi) is 8.41. The number of hydrazone groups is 1. The lowest BCUT2D eigenvalue weighted by atomic mass is 10.1. The molecular formula is C18H22ClN5O5. The van der Waals surface area contributed by atoms with Crippen LogP contribution in [0.5, 0.6) is 11.5 Å². The third-order valence-electron chi connectivity index (χ3n) is 3.91. The van der Waals surface area contributed by atoms with Crippen molar-refractivity contribution in [2.24, 2.45) is 5.10 Å². The molecule has 2 N–H and O–H groups in total. The number of ether oxygens (including phenoxy) is 2. The summed E-state index contributed by atoms with van der Waals surface area (Å²) in [5.74, 6) is 0.313. The van der Waals surface area contributed by atoms with E-state index < -0.39 is 10.5 Å². The van der Waals surface area contributed by atoms with Crippen LogP contribution in [-0.4, -0.2) is 35.1 Å². The predicted octanol–water partition coefficient (Wildman–Crippen LogP) is 3.75. The molecule has 0 bridgehead atoms. The van der Waals surface area contributed by atoms with Crippen LogP contribution in [0.15, 0.2) is 28.2 Å². The van der Waals surface area contributed by atoms with E-state index in [1.165, 1.54) is 25.6 Å². The van der Waals surface area contributed by atoms with Crippen LogP contribution >= 0.6 is 11.6 Å². The number of unbranched alkanes of at least 4 members (excludes halogenated alkanes) is 3. The van der Waals surface area contributed by atoms with E-state index in [1.54, 1.807) is 6.07 Å². The van der Waals surface area contributed by atoms with Crippen LogP contribution in [0, 0.1) is 10.1 Å². The maximum absolute atomic E-state index is 11.5. The Morgan fingerprint density at radius 3 is 2.86 bits per heavy atom. The molecular weight excluding hydrogens is 402 g/mol. The van der Waals surface area contributed by atoms with Crippen molar-refractivity contribution in [1.29, 1.82) is 0 Å². The summed E-state index contributed by atoms with van der Waals surface area (Å²) in [6.07, 6.45) is 6.58. The van der Waals surface area contributed by atoms with Crippen molar-refractivity contribution >= 4 is 29.2 Å². The number of hydrogen-bond acceptors (Lipinski definition) is 8. The van der Waals surface area contributed by atoms with E-state index in [0.717, 1.165) is 25.7 Å². The van der Waals surface area contributed by atoms with Gasteiger partial charge in [-0.3, -0.25) is 20.3 Å². The van der Waals surface area contributed by atoms with Crippen LogP contribution in [0.25, 0.3) is 0 Å². The molecule has 1 aromatic heterocycles. The summed E-state index contributed by atoms with van der Waals surface area (Å²) < 4.78 is 10.9. The first kappa shape index (κ1) is 22.2. The Morgan fingerprint density at radius 2 is 2.17 bits per heavy atom. The molecule has 0 unspecified atom stereocenters. The Labute approximate surface area is 172 Å². The number of hydrogen-bond donors (Lipinski definition) is 2. The SMILES string of the molecule is CCCCCCOc1c(OC)cc(/C=N\Nc2cn[nH]c(=O)c2Cl)cc1[N+](=O)[O-]. The molecule has 1 heterocycles. The van der Waals surface area contributed by atoms with Crippen LogP contribution in [0.1, 0.15) is 38.2 Å². The first-order valence-electron chi connectivity index (χ1n) is 8.99. The minimum absolute atomic E-state index is 0.0842. The van der Waals surface area contributed by atoms with Gasteiger partial charge in [0, 0.05) is 11.6 Å². The van der Waals surface area contributed by atoms with Gasteiger partial charge >= 0.3 is 5.69 Å². The zero-order chi connectivity index (χ0) is 21.2. The van der Waals surface area contributed by atoms with Crippen LogP contribution in [0.4, 0.5) is 11.4 Å². The summed E-state index contributed by atoms with van der Waals surface area (Å²) in [7, 11) is 1.41. The summed E-state index contributed by atoms with van der Waals surface area (Å²) in [4.78, 5) is 22.4. The molecule has 0 aliphatic heterocycles. The minimum atomic E-state index is -0.565. The van der Waals surface area contributed by atoms with Crippen LogP contribution in [0.3, 0.4) is 0 Å². The van der Waals surface area contributed by atoms with Crippen molar-refractivity contribution in [2.45, 2.75) is 32.6 Å². The summed E-state index contributed by atoms with van der Waals surface area (Å²) in [6.45, 7) is 2.46. The highest BCUT2D eigenvalue weighted by Gasteiger charge is 2.22. The number of nitro benzene ring substituents is 1. The lowest BCUT2D eigenvalue weighted by Crippen LogP contribution is -2.10. The molecule has 0 radical (unpaired) electrons. The first-order valence-corrected chi connectivity index (χ1v) is 9.37. The smallest absolute Gasteiger partial charge is 0.315 e. The number of H-pyrrole nitrogens is 1. The van der Waals surface area contributed by atoms with E-state index in [2.05, 4.69) is 27.6 Å². The second-order valence-corrected chi connectivity index (χ2v) is 6.41. The fraction of sp³-hybridized carbons (Fsp3) is 0.389. The number of anilines is 1. The fourth-order valence-corrected chi connectivity index (χ4v) is 2.59. The van der Waals surface area contributed by atoms with Gasteiger partial charge in [-0.1, -0.05) is 37.8 Å². The van der Waals surface area contributed by atoms with E-state index in [1.807, 2.05) is 0 Å². The molecule has 0 spiro atoms. The van der Waals surface area contributed by atoms with Crippen molar-refractivity contribution in [1.82, 2.24) is 10.2 Å². The second kappa shape index (κ2) is 11.0. The Bertz CT molecular complexity index is 931. The molecule has 0 fully saturated rings. The molecule has 11 heteroatoms. The van der Waals surface area contributed by atoms with Gasteiger partial charge in [-0.25, -0.2) is 5.10 Å². The molecule has 10 nitrogen and oxygen atoms in total. The maximum Gasteiger partial charge on any atom is 0.315 e. The molecule has 0 amide bonds. The van der Waals surface area contributed by atoms with E-state index in [0.29, 0.717) is 12.2 Å². The van der Waals surface area contributed by atoms with Gasteiger partial charge in [-0.2, -0.15) is 10.2 Å². The number of halogens is 1. The third kappa shape index (κ3) is 6.18. The summed E-state index contributed by atoms with van der Waals surface area (Å²) in [5, 5.41) is 21.1. The topological polar surface area (TPSA) is 132 Å². The van der Waals surface area contributed by atoms with Crippen molar-refractivity contribution < 1.29 is 14.4 Å². The summed E-state index contributed by atoms with van der Waals surface area (Å²) in [5.41, 5.74) is 2.37. The van der Waals surface area contributed by atoms with Gasteiger partial charge in [-0.05, 0) is 12.5 Å². The van der Waals surface area contributed by atoms with Gasteiger partial charge in [-0.15, -0.1) is 0 Å². The number of aromatic amines is 1. The normalized spacial score (nSPS) is 10.9. The van der Waals surface area contributed by atoms with Gasteiger partial charge in [0.2, 0.25) is 5.75 Å². The number of nitrogens with zero attached hydrogens (tertiary/aromatic N) is 3. The quantitative estimate of drug-likeness (QED) is 0.243. The molecule has 0 atom stereocenters. The average Bonchev–Trinajstić information content (AvgIpc) is 2.71. The van der Waals surface area contributed by atoms with Gasteiger partial charge in [0.1, 0.15) is 10.7 Å². The molecule has 29 heavy (non-hydrogen) atoms. The van der Waals surface area contributed by atoms with Crippen molar-refractivity contribution in [3.63, 3.8) is 0 Å². The van der Waals surface area contributed by atoms with Gasteiger partial charge < -0.3 is 9.47 Å². The largest absolute Gasteiger partial charge is 0.493 e. The number of aromatic nitrogens is 2. The molecule has 0 saturated heterocycles. The number of nitro groups is 1. The standard InChI is InChI=1S/C18H22ClN5O5/c1-3-4-5-6-7-29-17-14(24(26)27)8-12(9-15(17)28-2)10-20-22-13-11-21-23-18(25)16(13)19/h8-11H,3-7H2,1-2H3,(H2,22,23,25)/b20-10-. The predicted molar refractivity (Wildman–Crippen MR) is 110 cm³/mol. The maximum atomic E-state index is 11.5. The minimum Gasteiger partial charge on any atom is -0.493 e. The molecule has 0 aliphatic carbocycles. The van der Waals surface area contributed by atoms with E-state index in [9.17, 15) is 14.9 Å². The highest BCUT2D eigenvalue weighted by Crippen LogP contribution is 2.38. The van der Waals surface area contributed by atoms with E-state index in [4.69, 9.17) is 21.1 Å². The zero-order valence-electron chi connectivity index (χ0n) is 16.1. The second-order valence-electron chi connectivity index (χ2n) is 6.03. The van der Waals surface area contributed by atoms with E-state index in [-0.39, 0.29) is 27.9 Å². The monoisotopic (exact) mass is 423 g/mol. The highest BCUT2D eigenvalue weighted by atomic mass is 35.5. The Morgan fingerprint density at radius 1 is 1.38 bits per heavy atom. The Hall–Kier alpha value is -3.14. The summed E-state index contributed by atoms with van der Waals surface area (Å²) in [6, 6.07) is 2.89. The number of benzene rings is 1. The first-order chi connectivity index (χ1) is 14.0. The molecule has 0 saturated carbocycles. The number of nitrogens with one attached hydrogen (secondary N) is 2. The van der Waals surface area contributed by atoms with Crippen LogP contribution < -0.4 is 20.5 Å². The molecule has 1 aromatic carbocycles. The van der Waals surface area contributed by atoms with Crippen LogP contribution in [0.2, 0.25) is 5.02 Å². The molecule has 156 valence electrons. The number of methoxy groups -OCH3 is 1. The third-order valence-corrected chi connectivity index (χ3v) is 4.29. The van der Waals surface area contributed by atoms with Crippen molar-refractivity contribution in [3.8, 4) is 11.5 Å². The Balaban J connectivity index is 2.20. The van der Waals surface area contributed by atoms with Gasteiger partial charge in [0.15, 0.2) is 5.75 Å². The van der Waals surface area contributed by atoms with Crippen LogP contribution in [-0.2, 0) is 0 Å². The van der Waals surface area contributed by atoms with Gasteiger partial charge in [0.05, 0.1) is 31.1 Å².